The van der Waals surface area contributed by atoms with Gasteiger partial charge in [0.2, 0.25) is 10.0 Å². The Bertz CT molecular complexity index is 517. The van der Waals surface area contributed by atoms with Crippen molar-refractivity contribution >= 4 is 10.0 Å². The van der Waals surface area contributed by atoms with Crippen molar-refractivity contribution in [3.63, 3.8) is 0 Å². The minimum atomic E-state index is -3.44. The van der Waals surface area contributed by atoms with Crippen LogP contribution in [0.3, 0.4) is 0 Å². The van der Waals surface area contributed by atoms with Crippen molar-refractivity contribution in [1.29, 1.82) is 0 Å². The van der Waals surface area contributed by atoms with Crippen LogP contribution in [0, 0.1) is 0 Å². The molecule has 0 atom stereocenters. The van der Waals surface area contributed by atoms with E-state index in [0.717, 1.165) is 37.9 Å². The third-order valence-corrected chi connectivity index (χ3v) is 5.70. The molecule has 1 fully saturated rings. The lowest BCUT2D eigenvalue weighted by Crippen LogP contribution is -2.52. The summed E-state index contributed by atoms with van der Waals surface area (Å²) in [7, 11) is -3.44. The number of hydrogen-bond donors (Lipinski definition) is 2. The predicted octanol–water partition coefficient (Wildman–Crippen LogP) is 1.58. The molecule has 19 heavy (non-hydrogen) atoms. The van der Waals surface area contributed by atoms with Gasteiger partial charge in [-0.15, -0.1) is 0 Å². The first-order valence-corrected chi connectivity index (χ1v) is 8.38. The molecule has 1 aromatic rings. The van der Waals surface area contributed by atoms with E-state index in [1.807, 2.05) is 18.4 Å². The Kier molecular flexibility index (Phi) is 4.03. The van der Waals surface area contributed by atoms with Crippen LogP contribution in [0.25, 0.3) is 0 Å². The molecule has 1 saturated carbocycles. The SMILES string of the molecule is CCn1cc(S(=O)(=O)NC2(CC)CCC2)cc1CN. The lowest BCUT2D eigenvalue weighted by atomic mass is 9.76. The lowest BCUT2D eigenvalue weighted by Gasteiger charge is -2.41. The summed E-state index contributed by atoms with van der Waals surface area (Å²) in [6.45, 7) is 5.08. The molecule has 1 aliphatic rings. The molecule has 1 heterocycles. The summed E-state index contributed by atoms with van der Waals surface area (Å²) < 4.78 is 29.6. The van der Waals surface area contributed by atoms with Crippen LogP contribution in [0.1, 0.15) is 45.2 Å². The van der Waals surface area contributed by atoms with Gasteiger partial charge in [-0.05, 0) is 38.7 Å². The molecule has 0 bridgehead atoms. The Morgan fingerprint density at radius 2 is 2.11 bits per heavy atom. The van der Waals surface area contributed by atoms with Crippen molar-refractivity contribution in [3.8, 4) is 0 Å². The van der Waals surface area contributed by atoms with Crippen LogP contribution < -0.4 is 10.5 Å². The molecule has 6 heteroatoms. The van der Waals surface area contributed by atoms with Crippen molar-refractivity contribution in [1.82, 2.24) is 9.29 Å². The van der Waals surface area contributed by atoms with Crippen LogP contribution in [0.4, 0.5) is 0 Å². The van der Waals surface area contributed by atoms with E-state index in [2.05, 4.69) is 4.72 Å². The highest BCUT2D eigenvalue weighted by molar-refractivity contribution is 7.89. The number of sulfonamides is 1. The number of rotatable bonds is 6. The third kappa shape index (κ3) is 2.70. The van der Waals surface area contributed by atoms with E-state index in [4.69, 9.17) is 5.73 Å². The highest BCUT2D eigenvalue weighted by Gasteiger charge is 2.39. The van der Waals surface area contributed by atoms with Gasteiger partial charge in [-0.1, -0.05) is 6.92 Å². The quantitative estimate of drug-likeness (QED) is 0.833. The molecule has 5 nitrogen and oxygen atoms in total. The molecule has 0 aliphatic heterocycles. The minimum absolute atomic E-state index is 0.226. The third-order valence-electron chi connectivity index (χ3n) is 4.16. The fourth-order valence-electron chi connectivity index (χ4n) is 2.61. The van der Waals surface area contributed by atoms with E-state index in [9.17, 15) is 8.42 Å². The molecule has 1 aromatic heterocycles. The van der Waals surface area contributed by atoms with Crippen LogP contribution in [0.15, 0.2) is 17.2 Å². The molecule has 0 aromatic carbocycles. The molecule has 0 spiro atoms. The lowest BCUT2D eigenvalue weighted by molar-refractivity contribution is 0.214. The summed E-state index contributed by atoms with van der Waals surface area (Å²) in [5.74, 6) is 0. The van der Waals surface area contributed by atoms with Gasteiger partial charge in [0.1, 0.15) is 0 Å². The molecule has 0 amide bonds. The number of nitrogens with two attached hydrogens (primary N) is 1. The van der Waals surface area contributed by atoms with E-state index in [-0.39, 0.29) is 5.54 Å². The van der Waals surface area contributed by atoms with Gasteiger partial charge in [-0.2, -0.15) is 0 Å². The maximum Gasteiger partial charge on any atom is 0.242 e. The molecular formula is C13H23N3O2S. The number of nitrogens with one attached hydrogen (secondary N) is 1. The predicted molar refractivity (Wildman–Crippen MR) is 75.2 cm³/mol. The fraction of sp³-hybridized carbons (Fsp3) is 0.692. The summed E-state index contributed by atoms with van der Waals surface area (Å²) in [6.07, 6.45) is 5.47. The standard InChI is InChI=1S/C13H23N3O2S/c1-3-13(6-5-7-13)15-19(17,18)12-8-11(9-14)16(4-2)10-12/h8,10,15H,3-7,9,14H2,1-2H3. The van der Waals surface area contributed by atoms with Gasteiger partial charge in [0.15, 0.2) is 0 Å². The second kappa shape index (κ2) is 5.26. The van der Waals surface area contributed by atoms with E-state index >= 15 is 0 Å². The van der Waals surface area contributed by atoms with Crippen LogP contribution in [0.5, 0.6) is 0 Å². The van der Waals surface area contributed by atoms with Gasteiger partial charge >= 0.3 is 0 Å². The van der Waals surface area contributed by atoms with Crippen molar-refractivity contribution in [3.05, 3.63) is 18.0 Å². The highest BCUT2D eigenvalue weighted by atomic mass is 32.2. The van der Waals surface area contributed by atoms with Crippen molar-refractivity contribution < 1.29 is 8.42 Å². The Hall–Kier alpha value is -0.850. The van der Waals surface area contributed by atoms with Gasteiger partial charge in [0.25, 0.3) is 0 Å². The van der Waals surface area contributed by atoms with Crippen molar-refractivity contribution in [2.45, 2.75) is 63.1 Å². The molecule has 108 valence electrons. The molecule has 3 N–H and O–H groups in total. The second-order valence-corrected chi connectivity index (χ2v) is 6.93. The van der Waals surface area contributed by atoms with Crippen LogP contribution in [-0.4, -0.2) is 18.5 Å². The maximum absolute atomic E-state index is 12.4. The average molecular weight is 285 g/mol. The first-order valence-electron chi connectivity index (χ1n) is 6.89. The number of nitrogens with zero attached hydrogens (tertiary/aromatic N) is 1. The zero-order valence-corrected chi connectivity index (χ0v) is 12.5. The van der Waals surface area contributed by atoms with E-state index < -0.39 is 10.0 Å². The number of hydrogen-bond acceptors (Lipinski definition) is 3. The van der Waals surface area contributed by atoms with E-state index in [1.165, 1.54) is 0 Å². The van der Waals surface area contributed by atoms with Gasteiger partial charge in [-0.3, -0.25) is 0 Å². The van der Waals surface area contributed by atoms with Crippen molar-refractivity contribution in [2.24, 2.45) is 5.73 Å². The van der Waals surface area contributed by atoms with Gasteiger partial charge in [-0.25, -0.2) is 13.1 Å². The van der Waals surface area contributed by atoms with Crippen molar-refractivity contribution in [2.75, 3.05) is 0 Å². The molecule has 2 rings (SSSR count). The summed E-state index contributed by atoms with van der Waals surface area (Å²) in [4.78, 5) is 0.328. The van der Waals surface area contributed by atoms with Crippen LogP contribution in [-0.2, 0) is 23.1 Å². The number of aryl methyl sites for hydroxylation is 1. The number of aromatic nitrogens is 1. The first-order chi connectivity index (χ1) is 8.96. The molecular weight excluding hydrogens is 262 g/mol. The highest BCUT2D eigenvalue weighted by Crippen LogP contribution is 2.36. The Labute approximate surface area is 115 Å². The summed E-state index contributed by atoms with van der Waals surface area (Å²) >= 11 is 0. The monoisotopic (exact) mass is 285 g/mol. The van der Waals surface area contributed by atoms with E-state index in [0.29, 0.717) is 11.4 Å². The van der Waals surface area contributed by atoms with E-state index in [1.54, 1.807) is 12.3 Å². The smallest absolute Gasteiger partial charge is 0.242 e. The Morgan fingerprint density at radius 3 is 2.47 bits per heavy atom. The normalized spacial score (nSPS) is 18.3. The molecule has 0 saturated heterocycles. The van der Waals surface area contributed by atoms with Crippen LogP contribution in [0.2, 0.25) is 0 Å². The summed E-state index contributed by atoms with van der Waals surface area (Å²) in [5, 5.41) is 0. The average Bonchev–Trinajstić information content (AvgIpc) is 2.77. The van der Waals surface area contributed by atoms with Gasteiger partial charge in [0, 0.05) is 30.5 Å². The zero-order chi connectivity index (χ0) is 14.1. The zero-order valence-electron chi connectivity index (χ0n) is 11.6. The maximum atomic E-state index is 12.4. The Morgan fingerprint density at radius 1 is 1.42 bits per heavy atom. The fourth-order valence-corrected chi connectivity index (χ4v) is 4.21. The Balaban J connectivity index is 2.26. The first kappa shape index (κ1) is 14.6. The molecule has 0 unspecified atom stereocenters. The summed E-state index contributed by atoms with van der Waals surface area (Å²) in [5.41, 5.74) is 6.26. The molecule has 1 aliphatic carbocycles. The summed E-state index contributed by atoms with van der Waals surface area (Å²) in [6, 6.07) is 1.67. The topological polar surface area (TPSA) is 77.1 Å². The molecule has 0 radical (unpaired) electrons. The second-order valence-electron chi connectivity index (χ2n) is 5.25. The largest absolute Gasteiger partial charge is 0.349 e. The van der Waals surface area contributed by atoms with Gasteiger partial charge in [0.05, 0.1) is 4.90 Å². The minimum Gasteiger partial charge on any atom is -0.349 e. The van der Waals surface area contributed by atoms with Gasteiger partial charge < -0.3 is 10.3 Å². The van der Waals surface area contributed by atoms with Crippen LogP contribution >= 0.6 is 0 Å².